The third-order valence-corrected chi connectivity index (χ3v) is 3.79. The molecule has 1 N–H and O–H groups in total. The molecule has 20 heavy (non-hydrogen) atoms. The Morgan fingerprint density at radius 2 is 1.85 bits per heavy atom. The Labute approximate surface area is 134 Å². The minimum absolute atomic E-state index is 0.0371. The summed E-state index contributed by atoms with van der Waals surface area (Å²) >= 11 is 15.3. The van der Waals surface area contributed by atoms with Crippen LogP contribution in [0.3, 0.4) is 0 Å². The minimum atomic E-state index is -0.421. The van der Waals surface area contributed by atoms with E-state index in [1.807, 2.05) is 0 Å². The molecule has 0 amide bonds. The smallest absolute Gasteiger partial charge is 0.275 e. The van der Waals surface area contributed by atoms with Crippen molar-refractivity contribution in [2.45, 2.75) is 6.54 Å². The molecule has 0 atom stereocenters. The molecule has 2 aromatic rings. The third kappa shape index (κ3) is 3.42. The van der Waals surface area contributed by atoms with Crippen LogP contribution >= 0.6 is 39.1 Å². The number of nitro groups is 1. The van der Waals surface area contributed by atoms with E-state index in [4.69, 9.17) is 23.2 Å². The molecule has 0 radical (unpaired) electrons. The Kier molecular flexibility index (Phi) is 4.86. The van der Waals surface area contributed by atoms with E-state index in [-0.39, 0.29) is 12.2 Å². The molecule has 0 unspecified atom stereocenters. The van der Waals surface area contributed by atoms with Crippen molar-refractivity contribution < 1.29 is 4.92 Å². The second-order valence-corrected chi connectivity index (χ2v) is 5.71. The molecule has 0 saturated heterocycles. The first-order valence-electron chi connectivity index (χ1n) is 5.59. The van der Waals surface area contributed by atoms with Crippen molar-refractivity contribution in [2.75, 3.05) is 5.32 Å². The first kappa shape index (κ1) is 15.1. The first-order chi connectivity index (χ1) is 9.49. The van der Waals surface area contributed by atoms with E-state index in [2.05, 4.69) is 21.2 Å². The SMILES string of the molecule is O=[N+]([O-])c1cc(Br)ccc1CNc1c(Cl)cccc1Cl. The maximum atomic E-state index is 11.0. The predicted molar refractivity (Wildman–Crippen MR) is 84.6 cm³/mol. The fourth-order valence-electron chi connectivity index (χ4n) is 1.71. The van der Waals surface area contributed by atoms with E-state index >= 15 is 0 Å². The molecule has 0 aliphatic heterocycles. The number of anilines is 1. The highest BCUT2D eigenvalue weighted by molar-refractivity contribution is 9.10. The average molecular weight is 376 g/mol. The van der Waals surface area contributed by atoms with Gasteiger partial charge in [0.15, 0.2) is 0 Å². The van der Waals surface area contributed by atoms with Crippen LogP contribution < -0.4 is 5.32 Å². The van der Waals surface area contributed by atoms with Crippen LogP contribution in [0.1, 0.15) is 5.56 Å². The van der Waals surface area contributed by atoms with Gasteiger partial charge in [-0.2, -0.15) is 0 Å². The summed E-state index contributed by atoms with van der Waals surface area (Å²) in [5.74, 6) is 0. The monoisotopic (exact) mass is 374 g/mol. The quantitative estimate of drug-likeness (QED) is 0.584. The van der Waals surface area contributed by atoms with E-state index in [1.54, 1.807) is 30.3 Å². The van der Waals surface area contributed by atoms with Crippen molar-refractivity contribution >= 4 is 50.5 Å². The van der Waals surface area contributed by atoms with Gasteiger partial charge in [0.1, 0.15) is 0 Å². The lowest BCUT2D eigenvalue weighted by Gasteiger charge is -2.10. The summed E-state index contributed by atoms with van der Waals surface area (Å²) in [6, 6.07) is 10.0. The lowest BCUT2D eigenvalue weighted by molar-refractivity contribution is -0.385. The molecule has 0 fully saturated rings. The first-order valence-corrected chi connectivity index (χ1v) is 7.14. The van der Waals surface area contributed by atoms with Gasteiger partial charge in [-0.3, -0.25) is 10.1 Å². The zero-order valence-corrected chi connectivity index (χ0v) is 13.2. The molecular weight excluding hydrogens is 367 g/mol. The van der Waals surface area contributed by atoms with Gasteiger partial charge in [0.25, 0.3) is 5.69 Å². The number of halogens is 3. The van der Waals surface area contributed by atoms with E-state index < -0.39 is 4.92 Å². The molecule has 2 aromatic carbocycles. The van der Waals surface area contributed by atoms with Gasteiger partial charge >= 0.3 is 0 Å². The molecular formula is C13H9BrCl2N2O2. The molecule has 0 saturated carbocycles. The van der Waals surface area contributed by atoms with Crippen LogP contribution in [0, 0.1) is 10.1 Å². The standard InChI is InChI=1S/C13H9BrCl2N2O2/c14-9-5-4-8(12(6-9)18(19)20)7-17-13-10(15)2-1-3-11(13)16/h1-6,17H,7H2. The molecule has 0 aliphatic carbocycles. The Hall–Kier alpha value is -1.30. The van der Waals surface area contributed by atoms with E-state index in [0.29, 0.717) is 25.8 Å². The van der Waals surface area contributed by atoms with Crippen LogP contribution in [0.4, 0.5) is 11.4 Å². The maximum absolute atomic E-state index is 11.0. The summed E-state index contributed by atoms with van der Waals surface area (Å²) in [6.45, 7) is 0.257. The minimum Gasteiger partial charge on any atom is -0.378 e. The van der Waals surface area contributed by atoms with Crippen LogP contribution in [0.15, 0.2) is 40.9 Å². The van der Waals surface area contributed by atoms with Crippen LogP contribution in [-0.2, 0) is 6.54 Å². The fraction of sp³-hybridized carbons (Fsp3) is 0.0769. The van der Waals surface area contributed by atoms with Crippen molar-refractivity contribution in [3.8, 4) is 0 Å². The lowest BCUT2D eigenvalue weighted by atomic mass is 10.1. The number of nitrogens with one attached hydrogen (secondary N) is 1. The van der Waals surface area contributed by atoms with Crippen LogP contribution in [0.25, 0.3) is 0 Å². The summed E-state index contributed by atoms with van der Waals surface area (Å²) in [5, 5.41) is 15.0. The van der Waals surface area contributed by atoms with Gasteiger partial charge in [0, 0.05) is 22.6 Å². The van der Waals surface area contributed by atoms with Crippen molar-refractivity contribution in [1.29, 1.82) is 0 Å². The molecule has 0 heterocycles. The summed E-state index contributed by atoms with van der Waals surface area (Å²) in [4.78, 5) is 10.6. The fourth-order valence-corrected chi connectivity index (χ4v) is 2.59. The molecule has 7 heteroatoms. The van der Waals surface area contributed by atoms with Crippen molar-refractivity contribution in [3.05, 3.63) is 66.6 Å². The van der Waals surface area contributed by atoms with Crippen LogP contribution in [0.5, 0.6) is 0 Å². The molecule has 2 rings (SSSR count). The Morgan fingerprint density at radius 3 is 2.45 bits per heavy atom. The molecule has 0 spiro atoms. The number of hydrogen-bond acceptors (Lipinski definition) is 3. The maximum Gasteiger partial charge on any atom is 0.275 e. The largest absolute Gasteiger partial charge is 0.378 e. The Morgan fingerprint density at radius 1 is 1.20 bits per heavy atom. The number of para-hydroxylation sites is 1. The van der Waals surface area contributed by atoms with E-state index in [0.717, 1.165) is 0 Å². The highest BCUT2D eigenvalue weighted by Crippen LogP contribution is 2.31. The van der Waals surface area contributed by atoms with E-state index in [1.165, 1.54) is 6.07 Å². The molecule has 0 bridgehead atoms. The topological polar surface area (TPSA) is 55.2 Å². The number of benzene rings is 2. The molecule has 0 aliphatic rings. The number of rotatable bonds is 4. The predicted octanol–water partition coefficient (Wildman–Crippen LogP) is 5.28. The highest BCUT2D eigenvalue weighted by Gasteiger charge is 2.14. The van der Waals surface area contributed by atoms with Crippen molar-refractivity contribution in [2.24, 2.45) is 0 Å². The third-order valence-electron chi connectivity index (χ3n) is 2.66. The van der Waals surface area contributed by atoms with E-state index in [9.17, 15) is 10.1 Å². The summed E-state index contributed by atoms with van der Waals surface area (Å²) in [7, 11) is 0. The van der Waals surface area contributed by atoms with Gasteiger partial charge in [-0.25, -0.2) is 0 Å². The van der Waals surface area contributed by atoms with Gasteiger partial charge in [-0.05, 0) is 24.3 Å². The van der Waals surface area contributed by atoms with Gasteiger partial charge in [0.05, 0.1) is 20.7 Å². The van der Waals surface area contributed by atoms with Gasteiger partial charge in [-0.15, -0.1) is 0 Å². The van der Waals surface area contributed by atoms with Gasteiger partial charge in [-0.1, -0.05) is 45.2 Å². The molecule has 0 aromatic heterocycles. The van der Waals surface area contributed by atoms with Crippen LogP contribution in [-0.4, -0.2) is 4.92 Å². The summed E-state index contributed by atoms with van der Waals surface area (Å²) in [6.07, 6.45) is 0. The van der Waals surface area contributed by atoms with Gasteiger partial charge in [0.2, 0.25) is 0 Å². The zero-order valence-electron chi connectivity index (χ0n) is 10.1. The van der Waals surface area contributed by atoms with Crippen molar-refractivity contribution in [3.63, 3.8) is 0 Å². The van der Waals surface area contributed by atoms with Crippen LogP contribution in [0.2, 0.25) is 10.0 Å². The highest BCUT2D eigenvalue weighted by atomic mass is 79.9. The Balaban J connectivity index is 2.25. The zero-order chi connectivity index (χ0) is 14.7. The number of hydrogen-bond donors (Lipinski definition) is 1. The Bertz CT molecular complexity index is 645. The second-order valence-electron chi connectivity index (χ2n) is 3.98. The summed E-state index contributed by atoms with van der Waals surface area (Å²) in [5.41, 5.74) is 1.15. The number of nitrogens with zero attached hydrogens (tertiary/aromatic N) is 1. The molecule has 4 nitrogen and oxygen atoms in total. The lowest BCUT2D eigenvalue weighted by Crippen LogP contribution is -2.04. The van der Waals surface area contributed by atoms with Crippen molar-refractivity contribution in [1.82, 2.24) is 0 Å². The normalized spacial score (nSPS) is 10.3. The summed E-state index contributed by atoms with van der Waals surface area (Å²) < 4.78 is 0.656. The average Bonchev–Trinajstić information content (AvgIpc) is 2.39. The number of nitro benzene ring substituents is 1. The second kappa shape index (κ2) is 6.43. The molecule has 104 valence electrons. The van der Waals surface area contributed by atoms with Gasteiger partial charge < -0.3 is 5.32 Å².